The fraction of sp³-hybridized carbons (Fsp3) is 0.923. The van der Waals surface area contributed by atoms with Crippen molar-refractivity contribution in [2.75, 3.05) is 19.3 Å². The van der Waals surface area contributed by atoms with Crippen LogP contribution in [0.2, 0.25) is 0 Å². The van der Waals surface area contributed by atoms with Crippen LogP contribution in [0.25, 0.3) is 0 Å². The Morgan fingerprint density at radius 2 is 2.29 bits per heavy atom. The number of amides is 1. The Morgan fingerprint density at radius 3 is 2.88 bits per heavy atom. The fourth-order valence-electron chi connectivity index (χ4n) is 2.53. The van der Waals surface area contributed by atoms with Gasteiger partial charge in [-0.1, -0.05) is 13.3 Å². The van der Waals surface area contributed by atoms with Crippen molar-refractivity contribution in [2.45, 2.75) is 49.8 Å². The molecule has 0 aromatic carbocycles. The first-order valence-electron chi connectivity index (χ1n) is 6.75. The Labute approximate surface area is 108 Å². The minimum atomic E-state index is 0.0476. The number of hydrogen-bond donors (Lipinski definition) is 2. The first kappa shape index (κ1) is 13.2. The van der Waals surface area contributed by atoms with E-state index in [1.165, 1.54) is 25.7 Å². The molecule has 0 aromatic rings. The van der Waals surface area contributed by atoms with E-state index in [4.69, 9.17) is 0 Å². The molecule has 1 saturated heterocycles. The first-order chi connectivity index (χ1) is 8.19. The summed E-state index contributed by atoms with van der Waals surface area (Å²) < 4.78 is 0.370. The van der Waals surface area contributed by atoms with E-state index in [9.17, 15) is 4.79 Å². The van der Waals surface area contributed by atoms with Gasteiger partial charge in [-0.3, -0.25) is 4.79 Å². The lowest BCUT2D eigenvalue weighted by molar-refractivity contribution is -0.124. The summed E-state index contributed by atoms with van der Waals surface area (Å²) in [5, 5.41) is 6.47. The van der Waals surface area contributed by atoms with Crippen LogP contribution in [-0.4, -0.2) is 36.0 Å². The maximum Gasteiger partial charge on any atom is 0.237 e. The second kappa shape index (κ2) is 5.61. The summed E-state index contributed by atoms with van der Waals surface area (Å²) in [7, 11) is 0. The van der Waals surface area contributed by atoms with Crippen molar-refractivity contribution in [3.05, 3.63) is 0 Å². The predicted molar refractivity (Wildman–Crippen MR) is 73.3 cm³/mol. The lowest BCUT2D eigenvalue weighted by Gasteiger charge is -2.29. The highest BCUT2D eigenvalue weighted by Crippen LogP contribution is 2.46. The van der Waals surface area contributed by atoms with Gasteiger partial charge in [0.05, 0.1) is 6.04 Å². The highest BCUT2D eigenvalue weighted by atomic mass is 32.2. The van der Waals surface area contributed by atoms with Crippen LogP contribution in [0.1, 0.15) is 39.0 Å². The number of hydrogen-bond acceptors (Lipinski definition) is 3. The summed E-state index contributed by atoms with van der Waals surface area (Å²) in [6, 6.07) is 0.0476. The number of thioether (sulfide) groups is 1. The van der Waals surface area contributed by atoms with Gasteiger partial charge in [0, 0.05) is 11.3 Å². The molecule has 1 heterocycles. The largest absolute Gasteiger partial charge is 0.353 e. The van der Waals surface area contributed by atoms with E-state index in [0.29, 0.717) is 4.75 Å². The average molecular weight is 256 g/mol. The van der Waals surface area contributed by atoms with Gasteiger partial charge in [-0.2, -0.15) is 11.8 Å². The molecular formula is C13H24N2OS. The molecular weight excluding hydrogens is 232 g/mol. The summed E-state index contributed by atoms with van der Waals surface area (Å²) >= 11 is 1.90. The van der Waals surface area contributed by atoms with Crippen molar-refractivity contribution in [2.24, 2.45) is 5.92 Å². The van der Waals surface area contributed by atoms with E-state index in [-0.39, 0.29) is 11.9 Å². The lowest BCUT2D eigenvalue weighted by atomic mass is 9.90. The van der Waals surface area contributed by atoms with E-state index in [2.05, 4.69) is 23.8 Å². The Bertz CT molecular complexity index is 279. The molecule has 1 aliphatic heterocycles. The third-order valence-electron chi connectivity index (χ3n) is 4.23. The monoisotopic (exact) mass is 256 g/mol. The molecule has 1 aliphatic carbocycles. The zero-order valence-corrected chi connectivity index (χ0v) is 11.7. The van der Waals surface area contributed by atoms with E-state index in [1.54, 1.807) is 0 Å². The minimum absolute atomic E-state index is 0.0476. The van der Waals surface area contributed by atoms with Gasteiger partial charge in [0.25, 0.3) is 0 Å². The quantitative estimate of drug-likeness (QED) is 0.788. The van der Waals surface area contributed by atoms with E-state index in [0.717, 1.165) is 25.4 Å². The molecule has 2 aliphatic rings. The van der Waals surface area contributed by atoms with Gasteiger partial charge in [0.15, 0.2) is 0 Å². The van der Waals surface area contributed by atoms with Crippen LogP contribution in [0.5, 0.6) is 0 Å². The topological polar surface area (TPSA) is 41.1 Å². The maximum absolute atomic E-state index is 12.1. The molecule has 0 spiro atoms. The molecule has 3 nitrogen and oxygen atoms in total. The molecule has 98 valence electrons. The molecule has 4 heteroatoms. The molecule has 17 heavy (non-hydrogen) atoms. The van der Waals surface area contributed by atoms with Crippen molar-refractivity contribution in [1.29, 1.82) is 0 Å². The minimum Gasteiger partial charge on any atom is -0.353 e. The number of rotatable bonds is 5. The number of carbonyl (C=O) groups excluding carboxylic acids is 1. The molecule has 2 unspecified atom stereocenters. The molecule has 0 radical (unpaired) electrons. The molecule has 1 amide bonds. The van der Waals surface area contributed by atoms with Crippen LogP contribution in [0, 0.1) is 5.92 Å². The Morgan fingerprint density at radius 1 is 1.53 bits per heavy atom. The molecule has 2 N–H and O–H groups in total. The fourth-order valence-corrected chi connectivity index (χ4v) is 3.26. The Balaban J connectivity index is 1.75. The first-order valence-corrected chi connectivity index (χ1v) is 7.98. The normalized spacial score (nSPS) is 30.9. The molecule has 0 aromatic heterocycles. The Hall–Kier alpha value is -0.220. The van der Waals surface area contributed by atoms with E-state index in [1.807, 2.05) is 11.8 Å². The number of carbonyl (C=O) groups is 1. The Kier molecular flexibility index (Phi) is 4.36. The van der Waals surface area contributed by atoms with Crippen LogP contribution in [0.4, 0.5) is 0 Å². The summed E-state index contributed by atoms with van der Waals surface area (Å²) in [6.07, 6.45) is 8.07. The zero-order valence-electron chi connectivity index (χ0n) is 10.9. The van der Waals surface area contributed by atoms with Gasteiger partial charge < -0.3 is 10.6 Å². The second-order valence-corrected chi connectivity index (χ2v) is 6.68. The van der Waals surface area contributed by atoms with E-state index < -0.39 is 0 Å². The van der Waals surface area contributed by atoms with Crippen molar-refractivity contribution >= 4 is 17.7 Å². The standard InChI is InChI=1S/C13H24N2OS/c1-3-10-4-7-14-11(8-10)12(16)15-9-13(17-2)5-6-13/h10-11,14H,3-9H2,1-2H3,(H,15,16). The summed E-state index contributed by atoms with van der Waals surface area (Å²) in [5.41, 5.74) is 0. The molecule has 2 atom stereocenters. The van der Waals surface area contributed by atoms with Crippen molar-refractivity contribution < 1.29 is 4.79 Å². The third-order valence-corrected chi connectivity index (χ3v) is 5.65. The van der Waals surface area contributed by atoms with Gasteiger partial charge in [0.1, 0.15) is 0 Å². The van der Waals surface area contributed by atoms with Crippen molar-refractivity contribution in [1.82, 2.24) is 10.6 Å². The maximum atomic E-state index is 12.1. The number of piperidine rings is 1. The number of nitrogens with one attached hydrogen (secondary N) is 2. The third kappa shape index (κ3) is 3.38. The van der Waals surface area contributed by atoms with Gasteiger partial charge >= 0.3 is 0 Å². The molecule has 0 bridgehead atoms. The summed E-state index contributed by atoms with van der Waals surface area (Å²) in [6.45, 7) is 4.06. The second-order valence-electron chi connectivity index (χ2n) is 5.41. The molecule has 2 fully saturated rings. The van der Waals surface area contributed by atoms with Crippen molar-refractivity contribution in [3.63, 3.8) is 0 Å². The highest BCUT2D eigenvalue weighted by molar-refractivity contribution is 8.00. The van der Waals surface area contributed by atoms with Crippen molar-refractivity contribution in [3.8, 4) is 0 Å². The van der Waals surface area contributed by atoms with Gasteiger partial charge in [-0.05, 0) is 44.4 Å². The van der Waals surface area contributed by atoms with Crippen LogP contribution < -0.4 is 10.6 Å². The predicted octanol–water partition coefficient (Wildman–Crippen LogP) is 1.78. The van der Waals surface area contributed by atoms with Gasteiger partial charge in [0.2, 0.25) is 5.91 Å². The van der Waals surface area contributed by atoms with Crippen LogP contribution in [0.15, 0.2) is 0 Å². The van der Waals surface area contributed by atoms with Crippen LogP contribution in [-0.2, 0) is 4.79 Å². The lowest BCUT2D eigenvalue weighted by Crippen LogP contribution is -2.50. The smallest absolute Gasteiger partial charge is 0.237 e. The van der Waals surface area contributed by atoms with Gasteiger partial charge in [-0.25, -0.2) is 0 Å². The summed E-state index contributed by atoms with van der Waals surface area (Å²) in [4.78, 5) is 12.1. The average Bonchev–Trinajstić information content (AvgIpc) is 3.17. The van der Waals surface area contributed by atoms with Crippen LogP contribution in [0.3, 0.4) is 0 Å². The zero-order chi connectivity index (χ0) is 12.3. The molecule has 1 saturated carbocycles. The van der Waals surface area contributed by atoms with Crippen LogP contribution >= 0.6 is 11.8 Å². The van der Waals surface area contributed by atoms with E-state index >= 15 is 0 Å². The summed E-state index contributed by atoms with van der Waals surface area (Å²) in [5.74, 6) is 0.936. The van der Waals surface area contributed by atoms with Gasteiger partial charge in [-0.15, -0.1) is 0 Å². The SMILES string of the molecule is CCC1CCNC(C(=O)NCC2(SC)CC2)C1. The highest BCUT2D eigenvalue weighted by Gasteiger charge is 2.42. The molecule has 2 rings (SSSR count).